The van der Waals surface area contributed by atoms with Crippen molar-refractivity contribution >= 4 is 34.4 Å². The van der Waals surface area contributed by atoms with E-state index in [1.165, 1.54) is 28.8 Å². The van der Waals surface area contributed by atoms with Gasteiger partial charge in [-0.3, -0.25) is 4.79 Å². The number of pyridine rings is 1. The van der Waals surface area contributed by atoms with Gasteiger partial charge in [0.1, 0.15) is 23.2 Å². The molecule has 0 bridgehead atoms. The number of phenols is 1. The van der Waals surface area contributed by atoms with Crippen molar-refractivity contribution in [2.45, 2.75) is 39.8 Å². The summed E-state index contributed by atoms with van der Waals surface area (Å²) in [6, 6.07) is 5.33. The van der Waals surface area contributed by atoms with E-state index in [-0.39, 0.29) is 39.6 Å². The fraction of sp³-hybridized carbons (Fsp3) is 0.321. The van der Waals surface area contributed by atoms with E-state index in [1.54, 1.807) is 21.8 Å². The number of phenolic OH excluding ortho intramolecular Hbond substituents is 1. The molecule has 1 atom stereocenters. The first kappa shape index (κ1) is 27.3. The molecular formula is C28H29ClFN7O3. The number of rotatable bonds is 6. The summed E-state index contributed by atoms with van der Waals surface area (Å²) in [6.07, 6.45) is 3.71. The molecule has 1 N–H and O–H groups in total. The van der Waals surface area contributed by atoms with Crippen LogP contribution in [0, 0.1) is 12.7 Å². The molecule has 40 heavy (non-hydrogen) atoms. The minimum atomic E-state index is -0.708. The number of aromatic hydroxyl groups is 1. The van der Waals surface area contributed by atoms with E-state index in [0.717, 1.165) is 12.0 Å². The van der Waals surface area contributed by atoms with Crippen molar-refractivity contribution < 1.29 is 14.3 Å². The lowest BCUT2D eigenvalue weighted by atomic mass is 10.1. The molecule has 3 aromatic heterocycles. The lowest BCUT2D eigenvalue weighted by Crippen LogP contribution is -2.54. The number of carbonyl (C=O) groups excluding carboxylic acids is 1. The molecule has 1 amide bonds. The molecule has 0 unspecified atom stereocenters. The monoisotopic (exact) mass is 565 g/mol. The van der Waals surface area contributed by atoms with Gasteiger partial charge in [0.25, 0.3) is 0 Å². The number of aromatic nitrogens is 5. The Kier molecular flexibility index (Phi) is 7.33. The van der Waals surface area contributed by atoms with E-state index < -0.39 is 11.5 Å². The summed E-state index contributed by atoms with van der Waals surface area (Å²) in [7, 11) is 0. The number of aryl methyl sites for hydroxylation is 2. The Balaban J connectivity index is 1.80. The first-order valence-electron chi connectivity index (χ1n) is 13.0. The van der Waals surface area contributed by atoms with Crippen LogP contribution in [0.1, 0.15) is 25.8 Å². The van der Waals surface area contributed by atoms with Crippen LogP contribution in [0.5, 0.6) is 5.75 Å². The summed E-state index contributed by atoms with van der Waals surface area (Å²) >= 11 is 6.69. The third kappa shape index (κ3) is 4.60. The quantitative estimate of drug-likeness (QED) is 0.351. The van der Waals surface area contributed by atoms with Gasteiger partial charge in [-0.1, -0.05) is 31.2 Å². The molecular weight excluding hydrogens is 537 g/mol. The van der Waals surface area contributed by atoms with Gasteiger partial charge in [-0.2, -0.15) is 10.1 Å². The second-order valence-electron chi connectivity index (χ2n) is 9.78. The average Bonchev–Trinajstić information content (AvgIpc) is 3.27. The van der Waals surface area contributed by atoms with Crippen molar-refractivity contribution in [2.24, 2.45) is 0 Å². The van der Waals surface area contributed by atoms with Crippen LogP contribution in [0.4, 0.5) is 10.2 Å². The van der Waals surface area contributed by atoms with Gasteiger partial charge in [-0.15, -0.1) is 0 Å². The summed E-state index contributed by atoms with van der Waals surface area (Å²) in [5.41, 5.74) is 0.135. The first-order chi connectivity index (χ1) is 19.2. The molecule has 1 aromatic carbocycles. The van der Waals surface area contributed by atoms with Crippen LogP contribution in [0.3, 0.4) is 0 Å². The molecule has 1 fully saturated rings. The van der Waals surface area contributed by atoms with Crippen molar-refractivity contribution in [2.75, 3.05) is 24.5 Å². The number of fused-ring (bicyclic) bond motifs is 1. The van der Waals surface area contributed by atoms with Gasteiger partial charge in [0.15, 0.2) is 5.65 Å². The lowest BCUT2D eigenvalue weighted by molar-refractivity contribution is -0.126. The van der Waals surface area contributed by atoms with E-state index in [0.29, 0.717) is 43.2 Å². The van der Waals surface area contributed by atoms with Crippen LogP contribution < -0.4 is 10.6 Å². The number of piperazine rings is 1. The molecule has 1 aliphatic rings. The van der Waals surface area contributed by atoms with Gasteiger partial charge in [0.05, 0.1) is 27.9 Å². The van der Waals surface area contributed by atoms with Crippen molar-refractivity contribution in [3.63, 3.8) is 0 Å². The predicted molar refractivity (Wildman–Crippen MR) is 152 cm³/mol. The maximum atomic E-state index is 14.9. The van der Waals surface area contributed by atoms with E-state index >= 15 is 0 Å². The second-order valence-corrected chi connectivity index (χ2v) is 10.2. The zero-order valence-corrected chi connectivity index (χ0v) is 23.2. The summed E-state index contributed by atoms with van der Waals surface area (Å²) in [5, 5.41) is 15.5. The predicted octanol–water partition coefficient (Wildman–Crippen LogP) is 4.08. The number of anilines is 1. The molecule has 5 rings (SSSR count). The molecule has 12 heteroatoms. The third-order valence-electron chi connectivity index (χ3n) is 7.05. The minimum absolute atomic E-state index is 0.0104. The van der Waals surface area contributed by atoms with Crippen LogP contribution in [-0.4, -0.2) is 65.9 Å². The number of amides is 1. The molecule has 208 valence electrons. The third-order valence-corrected chi connectivity index (χ3v) is 7.34. The van der Waals surface area contributed by atoms with Gasteiger partial charge in [-0.05, 0) is 44.5 Å². The molecule has 1 saturated heterocycles. The van der Waals surface area contributed by atoms with E-state index in [1.807, 2.05) is 25.7 Å². The normalized spacial score (nSPS) is 15.6. The highest BCUT2D eigenvalue weighted by Crippen LogP contribution is 2.38. The number of hydrogen-bond acceptors (Lipinski definition) is 7. The number of hydrogen-bond donors (Lipinski definition) is 1. The molecule has 0 radical (unpaired) electrons. The fourth-order valence-electron chi connectivity index (χ4n) is 5.18. The highest BCUT2D eigenvalue weighted by Gasteiger charge is 2.30. The van der Waals surface area contributed by atoms with Crippen molar-refractivity contribution in [1.29, 1.82) is 0 Å². The topological polar surface area (TPSA) is 109 Å². The second kappa shape index (κ2) is 10.7. The van der Waals surface area contributed by atoms with Crippen LogP contribution in [0.25, 0.3) is 28.1 Å². The highest BCUT2D eigenvalue weighted by molar-refractivity contribution is 6.34. The summed E-state index contributed by atoms with van der Waals surface area (Å²) in [6.45, 7) is 11.1. The van der Waals surface area contributed by atoms with Gasteiger partial charge in [-0.25, -0.2) is 23.4 Å². The van der Waals surface area contributed by atoms with Gasteiger partial charge in [0, 0.05) is 37.8 Å². The molecule has 0 spiro atoms. The van der Waals surface area contributed by atoms with Gasteiger partial charge < -0.3 is 14.9 Å². The number of benzene rings is 1. The SMILES string of the molecule is C=CC(=O)N1CCN(c2nc(=O)n(-c3c(C)cnn3CCC)c3nc(-c4c(O)cccc4F)c(Cl)cc23)[C@@H](C)C1. The standard InChI is InChI=1S/C28H29ClFN7O3/c1-5-10-36-27(16(3)14-31-36)37-26-18(13-19(29)24(32-26)23-20(30)8-7-9-21(23)38)25(33-28(37)40)35-12-11-34(15-17(35)4)22(39)6-2/h6-9,13-14,17,38H,2,5,10-12,15H2,1,3-4H3/t17-/m0/s1. The molecule has 0 aliphatic carbocycles. The molecule has 1 aliphatic heterocycles. The molecule has 10 nitrogen and oxygen atoms in total. The average molecular weight is 566 g/mol. The summed E-state index contributed by atoms with van der Waals surface area (Å²) in [4.78, 5) is 38.9. The van der Waals surface area contributed by atoms with Crippen LogP contribution in [0.2, 0.25) is 5.02 Å². The summed E-state index contributed by atoms with van der Waals surface area (Å²) in [5.74, 6) is -0.365. The van der Waals surface area contributed by atoms with E-state index in [9.17, 15) is 19.1 Å². The Morgan fingerprint density at radius 1 is 1.30 bits per heavy atom. The Bertz CT molecular complexity index is 1680. The number of carbonyl (C=O) groups is 1. The molecule has 4 aromatic rings. The number of nitrogens with zero attached hydrogens (tertiary/aromatic N) is 7. The summed E-state index contributed by atoms with van der Waals surface area (Å²) < 4.78 is 18.0. The first-order valence-corrected chi connectivity index (χ1v) is 13.4. The van der Waals surface area contributed by atoms with Crippen molar-refractivity contribution in [3.8, 4) is 22.8 Å². The minimum Gasteiger partial charge on any atom is -0.507 e. The van der Waals surface area contributed by atoms with Crippen LogP contribution >= 0.6 is 11.6 Å². The van der Waals surface area contributed by atoms with Crippen LogP contribution in [0.15, 0.2) is 47.9 Å². The van der Waals surface area contributed by atoms with Crippen molar-refractivity contribution in [1.82, 2.24) is 29.2 Å². The zero-order valence-electron chi connectivity index (χ0n) is 22.4. The Morgan fingerprint density at radius 3 is 2.75 bits per heavy atom. The molecule has 0 saturated carbocycles. The molecule has 4 heterocycles. The Hall–Kier alpha value is -4.25. The van der Waals surface area contributed by atoms with Crippen molar-refractivity contribution in [3.05, 3.63) is 70.0 Å². The Labute approximate surface area is 234 Å². The highest BCUT2D eigenvalue weighted by atomic mass is 35.5. The van der Waals surface area contributed by atoms with Gasteiger partial charge >= 0.3 is 5.69 Å². The smallest absolute Gasteiger partial charge is 0.357 e. The largest absolute Gasteiger partial charge is 0.507 e. The van der Waals surface area contributed by atoms with E-state index in [2.05, 4.69) is 16.7 Å². The van der Waals surface area contributed by atoms with Crippen LogP contribution in [-0.2, 0) is 11.3 Å². The maximum absolute atomic E-state index is 14.9. The fourth-order valence-corrected chi connectivity index (χ4v) is 5.42. The lowest BCUT2D eigenvalue weighted by Gasteiger charge is -2.40. The van der Waals surface area contributed by atoms with Gasteiger partial charge in [0.2, 0.25) is 5.91 Å². The Morgan fingerprint density at radius 2 is 2.08 bits per heavy atom. The van der Waals surface area contributed by atoms with E-state index in [4.69, 9.17) is 16.6 Å². The zero-order chi connectivity index (χ0) is 28.7. The number of halogens is 2. The maximum Gasteiger partial charge on any atom is 0.357 e.